The number of nitrogens with one attached hydrogen (secondary N) is 2. The summed E-state index contributed by atoms with van der Waals surface area (Å²) in [4.78, 5) is 0.312. The van der Waals surface area contributed by atoms with Crippen molar-refractivity contribution in [3.05, 3.63) is 53.6 Å². The number of anilines is 2. The van der Waals surface area contributed by atoms with E-state index in [4.69, 9.17) is 0 Å². The molecule has 24 heavy (non-hydrogen) atoms. The van der Waals surface area contributed by atoms with Crippen molar-refractivity contribution in [3.8, 4) is 0 Å². The number of aryl methyl sites for hydroxylation is 1. The van der Waals surface area contributed by atoms with E-state index in [-0.39, 0.29) is 0 Å². The number of hydrogen-bond acceptors (Lipinski definition) is 3. The van der Waals surface area contributed by atoms with Crippen LogP contribution < -0.4 is 10.0 Å². The SMILES string of the molecule is CCCCc1ccc(NS(=O)(=O)c2ccc3c(c2)C[C@H](C)N3)cc1. The maximum absolute atomic E-state index is 12.6. The molecule has 0 radical (unpaired) electrons. The topological polar surface area (TPSA) is 58.2 Å². The summed E-state index contributed by atoms with van der Waals surface area (Å²) in [5.41, 5.74) is 3.92. The van der Waals surface area contributed by atoms with Crippen LogP contribution in [-0.2, 0) is 22.9 Å². The summed E-state index contributed by atoms with van der Waals surface area (Å²) in [6.07, 6.45) is 4.18. The molecule has 5 heteroatoms. The highest BCUT2D eigenvalue weighted by Crippen LogP contribution is 2.28. The van der Waals surface area contributed by atoms with E-state index in [2.05, 4.69) is 23.9 Å². The van der Waals surface area contributed by atoms with E-state index in [1.54, 1.807) is 12.1 Å². The molecule has 0 amide bonds. The third-order valence-corrected chi connectivity index (χ3v) is 5.72. The standard InChI is InChI=1S/C19H24N2O2S/c1-3-4-5-15-6-8-17(9-7-15)21-24(22,23)18-10-11-19-16(13-18)12-14(2)20-19/h6-11,13-14,20-21H,3-5,12H2,1-2H3/t14-/m0/s1. The van der Waals surface area contributed by atoms with Gasteiger partial charge in [-0.25, -0.2) is 8.42 Å². The van der Waals surface area contributed by atoms with Crippen molar-refractivity contribution in [2.24, 2.45) is 0 Å². The van der Waals surface area contributed by atoms with E-state index in [0.29, 0.717) is 16.6 Å². The minimum absolute atomic E-state index is 0.312. The summed E-state index contributed by atoms with van der Waals surface area (Å²) in [7, 11) is -3.56. The van der Waals surface area contributed by atoms with E-state index in [1.807, 2.05) is 30.3 Å². The van der Waals surface area contributed by atoms with Crippen molar-refractivity contribution in [1.82, 2.24) is 0 Å². The molecule has 128 valence electrons. The van der Waals surface area contributed by atoms with Gasteiger partial charge in [0.2, 0.25) is 0 Å². The van der Waals surface area contributed by atoms with Crippen molar-refractivity contribution in [1.29, 1.82) is 0 Å². The van der Waals surface area contributed by atoms with Gasteiger partial charge >= 0.3 is 0 Å². The molecule has 0 unspecified atom stereocenters. The molecule has 0 fully saturated rings. The van der Waals surface area contributed by atoms with Crippen molar-refractivity contribution in [2.45, 2.75) is 50.5 Å². The van der Waals surface area contributed by atoms with E-state index in [9.17, 15) is 8.42 Å². The molecule has 2 aromatic carbocycles. The fourth-order valence-corrected chi connectivity index (χ4v) is 4.14. The lowest BCUT2D eigenvalue weighted by atomic mass is 10.1. The number of rotatable bonds is 6. The van der Waals surface area contributed by atoms with Crippen LogP contribution in [0.1, 0.15) is 37.8 Å². The monoisotopic (exact) mass is 344 g/mol. The Morgan fingerprint density at radius 3 is 2.62 bits per heavy atom. The summed E-state index contributed by atoms with van der Waals surface area (Å²) < 4.78 is 27.9. The van der Waals surface area contributed by atoms with Crippen molar-refractivity contribution in [2.75, 3.05) is 10.0 Å². The zero-order valence-electron chi connectivity index (χ0n) is 14.2. The van der Waals surface area contributed by atoms with E-state index in [1.165, 1.54) is 5.56 Å². The molecule has 2 N–H and O–H groups in total. The van der Waals surface area contributed by atoms with Crippen LogP contribution in [0.15, 0.2) is 47.4 Å². The lowest BCUT2D eigenvalue weighted by molar-refractivity contribution is 0.601. The lowest BCUT2D eigenvalue weighted by Gasteiger charge is -2.10. The summed E-state index contributed by atoms with van der Waals surface area (Å²) in [6.45, 7) is 4.25. The molecule has 0 spiro atoms. The molecule has 0 saturated heterocycles. The molecule has 1 aliphatic rings. The first-order valence-electron chi connectivity index (χ1n) is 8.49. The van der Waals surface area contributed by atoms with E-state index >= 15 is 0 Å². The van der Waals surface area contributed by atoms with Crippen LogP contribution in [0.2, 0.25) is 0 Å². The van der Waals surface area contributed by atoms with Gasteiger partial charge in [-0.3, -0.25) is 4.72 Å². The highest BCUT2D eigenvalue weighted by atomic mass is 32.2. The Labute approximate surface area is 144 Å². The highest BCUT2D eigenvalue weighted by molar-refractivity contribution is 7.92. The Balaban J connectivity index is 1.75. The van der Waals surface area contributed by atoms with Gasteiger partial charge in [-0.05, 0) is 67.6 Å². The first-order chi connectivity index (χ1) is 11.5. The molecule has 0 saturated carbocycles. The molecule has 0 aliphatic carbocycles. The van der Waals surface area contributed by atoms with E-state index in [0.717, 1.165) is 36.9 Å². The average molecular weight is 344 g/mol. The fourth-order valence-electron chi connectivity index (χ4n) is 3.03. The molecule has 0 bridgehead atoms. The Kier molecular flexibility index (Phi) is 4.81. The molecular formula is C19H24N2O2S. The third-order valence-electron chi connectivity index (χ3n) is 4.34. The summed E-state index contributed by atoms with van der Waals surface area (Å²) in [6, 6.07) is 13.3. The van der Waals surface area contributed by atoms with Crippen LogP contribution >= 0.6 is 0 Å². The van der Waals surface area contributed by atoms with Gasteiger partial charge in [0.05, 0.1) is 4.90 Å². The predicted octanol–water partition coefficient (Wildman–Crippen LogP) is 4.19. The maximum Gasteiger partial charge on any atom is 0.261 e. The van der Waals surface area contributed by atoms with Crippen LogP contribution in [0, 0.1) is 0 Å². The Bertz CT molecular complexity index is 814. The molecule has 1 aliphatic heterocycles. The lowest BCUT2D eigenvalue weighted by Crippen LogP contribution is -2.13. The average Bonchev–Trinajstić information content (AvgIpc) is 2.93. The van der Waals surface area contributed by atoms with Crippen LogP contribution in [0.5, 0.6) is 0 Å². The normalized spacial score (nSPS) is 16.5. The van der Waals surface area contributed by atoms with Crippen molar-refractivity contribution in [3.63, 3.8) is 0 Å². The zero-order chi connectivity index (χ0) is 17.2. The molecule has 1 heterocycles. The number of sulfonamides is 1. The largest absolute Gasteiger partial charge is 0.382 e. The van der Waals surface area contributed by atoms with Crippen molar-refractivity contribution >= 4 is 21.4 Å². The highest BCUT2D eigenvalue weighted by Gasteiger charge is 2.21. The Morgan fingerprint density at radius 1 is 1.17 bits per heavy atom. The van der Waals surface area contributed by atoms with Crippen LogP contribution in [0.25, 0.3) is 0 Å². The number of fused-ring (bicyclic) bond motifs is 1. The number of hydrogen-bond donors (Lipinski definition) is 2. The van der Waals surface area contributed by atoms with Gasteiger partial charge in [0, 0.05) is 17.4 Å². The van der Waals surface area contributed by atoms with E-state index < -0.39 is 10.0 Å². The van der Waals surface area contributed by atoms with Crippen molar-refractivity contribution < 1.29 is 8.42 Å². The van der Waals surface area contributed by atoms with Crippen LogP contribution in [0.4, 0.5) is 11.4 Å². The molecular weight excluding hydrogens is 320 g/mol. The molecule has 2 aromatic rings. The van der Waals surface area contributed by atoms with Gasteiger partial charge in [0.1, 0.15) is 0 Å². The number of benzene rings is 2. The Morgan fingerprint density at radius 2 is 1.92 bits per heavy atom. The van der Waals surface area contributed by atoms with Gasteiger partial charge in [0.25, 0.3) is 10.0 Å². The molecule has 4 nitrogen and oxygen atoms in total. The second-order valence-corrected chi connectivity index (χ2v) is 8.16. The quantitative estimate of drug-likeness (QED) is 0.826. The first kappa shape index (κ1) is 16.8. The third kappa shape index (κ3) is 3.73. The summed E-state index contributed by atoms with van der Waals surface area (Å²) in [5, 5.41) is 3.33. The minimum Gasteiger partial charge on any atom is -0.382 e. The molecule has 0 aromatic heterocycles. The zero-order valence-corrected chi connectivity index (χ0v) is 15.0. The van der Waals surface area contributed by atoms with Gasteiger partial charge < -0.3 is 5.32 Å². The van der Waals surface area contributed by atoms with Gasteiger partial charge in [-0.1, -0.05) is 25.5 Å². The fraction of sp³-hybridized carbons (Fsp3) is 0.368. The Hall–Kier alpha value is -2.01. The smallest absolute Gasteiger partial charge is 0.261 e. The summed E-state index contributed by atoms with van der Waals surface area (Å²) >= 11 is 0. The molecule has 3 rings (SSSR count). The first-order valence-corrected chi connectivity index (χ1v) is 9.97. The van der Waals surface area contributed by atoms with Gasteiger partial charge in [-0.15, -0.1) is 0 Å². The van der Waals surface area contributed by atoms with Gasteiger partial charge in [0.15, 0.2) is 0 Å². The maximum atomic E-state index is 12.6. The second kappa shape index (κ2) is 6.85. The second-order valence-electron chi connectivity index (χ2n) is 6.47. The summed E-state index contributed by atoms with van der Waals surface area (Å²) in [5.74, 6) is 0. The minimum atomic E-state index is -3.56. The van der Waals surface area contributed by atoms with Crippen LogP contribution in [0.3, 0.4) is 0 Å². The number of unbranched alkanes of at least 4 members (excludes halogenated alkanes) is 1. The van der Waals surface area contributed by atoms with Gasteiger partial charge in [-0.2, -0.15) is 0 Å². The molecule has 1 atom stereocenters. The van der Waals surface area contributed by atoms with Crippen LogP contribution in [-0.4, -0.2) is 14.5 Å². The predicted molar refractivity (Wildman–Crippen MR) is 99.1 cm³/mol.